The van der Waals surface area contributed by atoms with E-state index in [4.69, 9.17) is 0 Å². The first kappa shape index (κ1) is 28.1. The number of aromatic nitrogens is 4. The van der Waals surface area contributed by atoms with Crippen molar-refractivity contribution in [3.8, 4) is 5.69 Å². The summed E-state index contributed by atoms with van der Waals surface area (Å²) in [5, 5.41) is 22.1. The van der Waals surface area contributed by atoms with Crippen molar-refractivity contribution in [1.82, 2.24) is 25.3 Å². The van der Waals surface area contributed by atoms with Gasteiger partial charge in [0.1, 0.15) is 5.82 Å². The van der Waals surface area contributed by atoms with Crippen molar-refractivity contribution in [3.05, 3.63) is 132 Å². The molecule has 0 aliphatic rings. The lowest BCUT2D eigenvalue weighted by Crippen LogP contribution is -2.23. The summed E-state index contributed by atoms with van der Waals surface area (Å²) in [6.45, 7) is 1.07. The van der Waals surface area contributed by atoms with Gasteiger partial charge in [0.25, 0.3) is 10.0 Å². The molecular weight excluding hydrogens is 543 g/mol. The summed E-state index contributed by atoms with van der Waals surface area (Å²) in [7, 11) is -3.80. The summed E-state index contributed by atoms with van der Waals surface area (Å²) in [6.07, 6.45) is 5.53. The molecule has 0 spiro atoms. The van der Waals surface area contributed by atoms with Crippen LogP contribution in [0.4, 0.5) is 10.1 Å². The van der Waals surface area contributed by atoms with Gasteiger partial charge in [-0.3, -0.25) is 9.71 Å². The second-order valence-electron chi connectivity index (χ2n) is 9.48. The highest BCUT2D eigenvalue weighted by Crippen LogP contribution is 2.19. The minimum Gasteiger partial charge on any atom is -0.387 e. The second-order valence-corrected chi connectivity index (χ2v) is 11.2. The van der Waals surface area contributed by atoms with Gasteiger partial charge in [0.05, 0.1) is 28.6 Å². The number of nitrogens with one attached hydrogen (secondary N) is 2. The van der Waals surface area contributed by atoms with E-state index in [9.17, 15) is 17.9 Å². The number of anilines is 1. The molecule has 3 aromatic carbocycles. The van der Waals surface area contributed by atoms with Gasteiger partial charge in [-0.1, -0.05) is 30.3 Å². The van der Waals surface area contributed by atoms with Crippen LogP contribution in [-0.2, 0) is 22.9 Å². The SMILES string of the molecule is O=S(=O)(Nc1ccc(CCNC[C@H](O)c2cccnc2)cc1)c1ccc(-n2ncc(Cc3ccc(F)cc3)n2)cc1. The van der Waals surface area contributed by atoms with Crippen molar-refractivity contribution in [2.24, 2.45) is 0 Å². The molecule has 0 aliphatic heterocycles. The number of rotatable bonds is 12. The van der Waals surface area contributed by atoms with Gasteiger partial charge in [0.15, 0.2) is 0 Å². The van der Waals surface area contributed by atoms with Crippen LogP contribution < -0.4 is 10.0 Å². The molecule has 0 bridgehead atoms. The standard InChI is InChI=1S/C30H29FN6O3S/c31-25-7-3-23(4-8-25)18-27-20-34-37(35-27)28-11-13-29(14-12-28)41(39,40)36-26-9-5-22(6-10-26)15-17-33-21-30(38)24-2-1-16-32-19-24/h1-14,16,19-20,30,33,36,38H,15,17-18,21H2/t30-/m0/s1. The van der Waals surface area contributed by atoms with E-state index in [-0.39, 0.29) is 10.7 Å². The number of benzene rings is 3. The number of nitrogens with zero attached hydrogens (tertiary/aromatic N) is 4. The fraction of sp³-hybridized carbons (Fsp3) is 0.167. The predicted octanol–water partition coefficient (Wildman–Crippen LogP) is 4.06. The largest absolute Gasteiger partial charge is 0.387 e. The predicted molar refractivity (Wildman–Crippen MR) is 154 cm³/mol. The normalized spacial score (nSPS) is 12.2. The molecule has 3 N–H and O–H groups in total. The molecule has 2 aromatic heterocycles. The van der Waals surface area contributed by atoms with Gasteiger partial charge < -0.3 is 10.4 Å². The van der Waals surface area contributed by atoms with Gasteiger partial charge in [0, 0.05) is 36.6 Å². The average molecular weight is 573 g/mol. The molecule has 2 heterocycles. The van der Waals surface area contributed by atoms with Crippen LogP contribution in [0.3, 0.4) is 0 Å². The molecule has 5 rings (SSSR count). The molecule has 9 nitrogen and oxygen atoms in total. The summed E-state index contributed by atoms with van der Waals surface area (Å²) >= 11 is 0. The Balaban J connectivity index is 1.12. The third-order valence-electron chi connectivity index (χ3n) is 6.42. The summed E-state index contributed by atoms with van der Waals surface area (Å²) in [5.41, 5.74) is 4.48. The lowest BCUT2D eigenvalue weighted by molar-refractivity contribution is 0.174. The van der Waals surface area contributed by atoms with Gasteiger partial charge in [-0.25, -0.2) is 12.8 Å². The van der Waals surface area contributed by atoms with E-state index in [1.54, 1.807) is 61.1 Å². The molecule has 0 aliphatic carbocycles. The van der Waals surface area contributed by atoms with Crippen molar-refractivity contribution in [2.45, 2.75) is 23.8 Å². The molecule has 0 radical (unpaired) electrons. The number of halogens is 1. The second kappa shape index (κ2) is 12.8. The Hall–Kier alpha value is -4.45. The van der Waals surface area contributed by atoms with Crippen molar-refractivity contribution >= 4 is 15.7 Å². The van der Waals surface area contributed by atoms with Crippen LogP contribution in [0.1, 0.15) is 28.5 Å². The maximum Gasteiger partial charge on any atom is 0.261 e. The number of aliphatic hydroxyl groups is 1. The number of sulfonamides is 1. The van der Waals surface area contributed by atoms with E-state index in [1.165, 1.54) is 29.1 Å². The zero-order valence-electron chi connectivity index (χ0n) is 22.1. The highest BCUT2D eigenvalue weighted by Gasteiger charge is 2.15. The molecule has 0 saturated carbocycles. The minimum atomic E-state index is -3.80. The summed E-state index contributed by atoms with van der Waals surface area (Å²) < 4.78 is 41.6. The summed E-state index contributed by atoms with van der Waals surface area (Å²) in [5.74, 6) is -0.294. The Morgan fingerprint density at radius 2 is 1.63 bits per heavy atom. The van der Waals surface area contributed by atoms with Crippen molar-refractivity contribution in [2.75, 3.05) is 17.8 Å². The van der Waals surface area contributed by atoms with Gasteiger partial charge in [0.2, 0.25) is 0 Å². The first-order valence-corrected chi connectivity index (χ1v) is 14.5. The lowest BCUT2D eigenvalue weighted by Gasteiger charge is -2.12. The van der Waals surface area contributed by atoms with Crippen LogP contribution in [0, 0.1) is 5.82 Å². The fourth-order valence-electron chi connectivity index (χ4n) is 4.19. The maximum absolute atomic E-state index is 13.1. The molecule has 11 heteroatoms. The molecule has 5 aromatic rings. The van der Waals surface area contributed by atoms with Crippen LogP contribution in [0.25, 0.3) is 5.69 Å². The molecule has 1 atom stereocenters. The van der Waals surface area contributed by atoms with Crippen LogP contribution in [0.2, 0.25) is 0 Å². The number of hydrogen-bond acceptors (Lipinski definition) is 7. The number of hydrogen-bond donors (Lipinski definition) is 3. The van der Waals surface area contributed by atoms with Crippen LogP contribution in [-0.4, -0.2) is 46.6 Å². The maximum atomic E-state index is 13.1. The third-order valence-corrected chi connectivity index (χ3v) is 7.82. The van der Waals surface area contributed by atoms with Gasteiger partial charge >= 0.3 is 0 Å². The average Bonchev–Trinajstić information content (AvgIpc) is 3.46. The van der Waals surface area contributed by atoms with E-state index in [1.807, 2.05) is 18.2 Å². The van der Waals surface area contributed by atoms with E-state index in [2.05, 4.69) is 25.2 Å². The quantitative estimate of drug-likeness (QED) is 0.193. The Morgan fingerprint density at radius 1 is 0.902 bits per heavy atom. The van der Waals surface area contributed by atoms with Gasteiger partial charge in [-0.2, -0.15) is 15.0 Å². The van der Waals surface area contributed by atoms with Crippen LogP contribution in [0.5, 0.6) is 0 Å². The molecule has 210 valence electrons. The lowest BCUT2D eigenvalue weighted by atomic mass is 10.1. The zero-order valence-corrected chi connectivity index (χ0v) is 22.9. The minimum absolute atomic E-state index is 0.111. The van der Waals surface area contributed by atoms with Crippen LogP contribution >= 0.6 is 0 Å². The Labute approximate surface area is 237 Å². The van der Waals surface area contributed by atoms with Gasteiger partial charge in [-0.05, 0) is 78.7 Å². The van der Waals surface area contributed by atoms with E-state index in [0.717, 1.165) is 23.1 Å². The summed E-state index contributed by atoms with van der Waals surface area (Å²) in [6, 6.07) is 23.3. The van der Waals surface area contributed by atoms with Gasteiger partial charge in [-0.15, -0.1) is 0 Å². The summed E-state index contributed by atoms with van der Waals surface area (Å²) in [4.78, 5) is 5.55. The van der Waals surface area contributed by atoms with E-state index >= 15 is 0 Å². The molecule has 41 heavy (non-hydrogen) atoms. The first-order chi connectivity index (χ1) is 19.9. The Kier molecular flexibility index (Phi) is 8.78. The van der Waals surface area contributed by atoms with Crippen molar-refractivity contribution in [3.63, 3.8) is 0 Å². The Morgan fingerprint density at radius 3 is 2.34 bits per heavy atom. The molecule has 0 unspecified atom stereocenters. The Bertz CT molecular complexity index is 1660. The molecule has 0 fully saturated rings. The number of aliphatic hydroxyl groups excluding tert-OH is 1. The smallest absolute Gasteiger partial charge is 0.261 e. The monoisotopic (exact) mass is 572 g/mol. The van der Waals surface area contributed by atoms with E-state index < -0.39 is 16.1 Å². The topological polar surface area (TPSA) is 122 Å². The molecular formula is C30H29FN6O3S. The van der Waals surface area contributed by atoms with Crippen LogP contribution in [0.15, 0.2) is 108 Å². The highest BCUT2D eigenvalue weighted by atomic mass is 32.2. The number of pyridine rings is 1. The molecule has 0 amide bonds. The van der Waals surface area contributed by atoms with E-state index in [0.29, 0.717) is 36.6 Å². The van der Waals surface area contributed by atoms with Crippen molar-refractivity contribution < 1.29 is 17.9 Å². The third kappa shape index (κ3) is 7.60. The highest BCUT2D eigenvalue weighted by molar-refractivity contribution is 7.92. The zero-order chi connectivity index (χ0) is 28.7. The van der Waals surface area contributed by atoms with Crippen molar-refractivity contribution in [1.29, 1.82) is 0 Å². The first-order valence-electron chi connectivity index (χ1n) is 13.0. The fourth-order valence-corrected chi connectivity index (χ4v) is 5.24. The molecule has 0 saturated heterocycles.